The molecule has 1 atom stereocenters. The van der Waals surface area contributed by atoms with Crippen LogP contribution in [0.2, 0.25) is 0 Å². The SMILES string of the molecule is C[C@H](c1ccc(S(N)(=O)=O)cc1)N(C)C(=O)c1ccc(Br)cc1F. The standard InChI is InChI=1S/C16H16BrFN2O3S/c1-10(11-3-6-13(7-4-11)24(19,22)23)20(2)16(21)14-8-5-12(17)9-15(14)18/h3-10H,1-2H3,(H2,19,22,23)/t10-/m1/s1. The second-order valence-corrected chi connectivity index (χ2v) is 7.81. The molecule has 128 valence electrons. The maximum absolute atomic E-state index is 14.0. The van der Waals surface area contributed by atoms with Crippen LogP contribution in [0.5, 0.6) is 0 Å². The van der Waals surface area contributed by atoms with E-state index in [2.05, 4.69) is 15.9 Å². The Morgan fingerprint density at radius 2 is 1.79 bits per heavy atom. The van der Waals surface area contributed by atoms with Crippen LogP contribution >= 0.6 is 15.9 Å². The number of halogens is 2. The van der Waals surface area contributed by atoms with E-state index >= 15 is 0 Å². The second-order valence-electron chi connectivity index (χ2n) is 5.33. The van der Waals surface area contributed by atoms with E-state index in [0.29, 0.717) is 10.0 Å². The highest BCUT2D eigenvalue weighted by Gasteiger charge is 2.22. The average molecular weight is 415 g/mol. The van der Waals surface area contributed by atoms with Crippen LogP contribution in [0.1, 0.15) is 28.9 Å². The first-order valence-corrected chi connectivity index (χ1v) is 9.30. The molecule has 0 heterocycles. The predicted molar refractivity (Wildman–Crippen MR) is 92.4 cm³/mol. The van der Waals surface area contributed by atoms with E-state index in [4.69, 9.17) is 5.14 Å². The summed E-state index contributed by atoms with van der Waals surface area (Å²) in [6.45, 7) is 1.76. The normalized spacial score (nSPS) is 12.7. The molecule has 0 aliphatic heterocycles. The molecule has 24 heavy (non-hydrogen) atoms. The summed E-state index contributed by atoms with van der Waals surface area (Å²) >= 11 is 3.15. The van der Waals surface area contributed by atoms with Crippen LogP contribution in [-0.4, -0.2) is 26.3 Å². The fraction of sp³-hybridized carbons (Fsp3) is 0.188. The van der Waals surface area contributed by atoms with Gasteiger partial charge in [-0.2, -0.15) is 0 Å². The Labute approximate surface area is 148 Å². The van der Waals surface area contributed by atoms with Crippen molar-refractivity contribution in [3.63, 3.8) is 0 Å². The summed E-state index contributed by atoms with van der Waals surface area (Å²) in [5, 5.41) is 5.06. The third-order valence-corrected chi connectivity index (χ3v) is 5.18. The minimum absolute atomic E-state index is 0.00798. The maximum Gasteiger partial charge on any atom is 0.257 e. The second kappa shape index (κ2) is 7.00. The molecule has 1 amide bonds. The molecule has 2 N–H and O–H groups in total. The quantitative estimate of drug-likeness (QED) is 0.834. The van der Waals surface area contributed by atoms with Crippen molar-refractivity contribution in [2.45, 2.75) is 17.9 Å². The number of benzene rings is 2. The number of nitrogens with two attached hydrogens (primary N) is 1. The zero-order valence-electron chi connectivity index (χ0n) is 13.0. The molecule has 0 bridgehead atoms. The highest BCUT2D eigenvalue weighted by atomic mass is 79.9. The minimum atomic E-state index is -3.77. The van der Waals surface area contributed by atoms with Crippen molar-refractivity contribution in [1.29, 1.82) is 0 Å². The highest BCUT2D eigenvalue weighted by Crippen LogP contribution is 2.24. The Morgan fingerprint density at radius 1 is 1.21 bits per heavy atom. The number of sulfonamides is 1. The largest absolute Gasteiger partial charge is 0.335 e. The smallest absolute Gasteiger partial charge is 0.257 e. The molecule has 0 unspecified atom stereocenters. The Morgan fingerprint density at radius 3 is 2.29 bits per heavy atom. The lowest BCUT2D eigenvalue weighted by Crippen LogP contribution is -2.30. The predicted octanol–water partition coefficient (Wildman–Crippen LogP) is 3.07. The number of nitrogens with zero attached hydrogens (tertiary/aromatic N) is 1. The van der Waals surface area contributed by atoms with E-state index in [0.717, 1.165) is 0 Å². The van der Waals surface area contributed by atoms with Crippen molar-refractivity contribution < 1.29 is 17.6 Å². The fourth-order valence-corrected chi connectivity index (χ4v) is 3.04. The molecule has 0 saturated heterocycles. The lowest BCUT2D eigenvalue weighted by molar-refractivity contribution is 0.0738. The van der Waals surface area contributed by atoms with Crippen molar-refractivity contribution >= 4 is 31.9 Å². The van der Waals surface area contributed by atoms with Crippen molar-refractivity contribution in [1.82, 2.24) is 4.90 Å². The van der Waals surface area contributed by atoms with E-state index < -0.39 is 21.7 Å². The van der Waals surface area contributed by atoms with E-state index in [1.54, 1.807) is 32.2 Å². The van der Waals surface area contributed by atoms with Crippen LogP contribution < -0.4 is 5.14 Å². The summed E-state index contributed by atoms with van der Waals surface area (Å²) in [6.07, 6.45) is 0. The van der Waals surface area contributed by atoms with Gasteiger partial charge in [-0.05, 0) is 42.8 Å². The molecule has 0 saturated carbocycles. The Kier molecular flexibility index (Phi) is 5.42. The Hall–Kier alpha value is -1.77. The molecule has 0 aliphatic carbocycles. The first kappa shape index (κ1) is 18.6. The van der Waals surface area contributed by atoms with Crippen molar-refractivity contribution in [3.8, 4) is 0 Å². The van der Waals surface area contributed by atoms with Crippen molar-refractivity contribution in [2.24, 2.45) is 5.14 Å². The van der Waals surface area contributed by atoms with Crippen molar-refractivity contribution in [3.05, 3.63) is 63.9 Å². The third kappa shape index (κ3) is 4.00. The van der Waals surface area contributed by atoms with Crippen LogP contribution in [0.3, 0.4) is 0 Å². The van der Waals surface area contributed by atoms with Crippen molar-refractivity contribution in [2.75, 3.05) is 7.05 Å². The number of hydrogen-bond acceptors (Lipinski definition) is 3. The lowest BCUT2D eigenvalue weighted by Gasteiger charge is -2.25. The molecule has 2 rings (SSSR count). The van der Waals surface area contributed by atoms with Gasteiger partial charge in [-0.1, -0.05) is 28.1 Å². The molecule has 5 nitrogen and oxygen atoms in total. The summed E-state index contributed by atoms with van der Waals surface area (Å²) < 4.78 is 37.0. The first-order valence-electron chi connectivity index (χ1n) is 6.96. The zero-order chi connectivity index (χ0) is 18.1. The summed E-state index contributed by atoms with van der Waals surface area (Å²) in [5.74, 6) is -1.08. The molecule has 0 aromatic heterocycles. The molecule has 0 fully saturated rings. The Balaban J connectivity index is 2.25. The zero-order valence-corrected chi connectivity index (χ0v) is 15.4. The maximum atomic E-state index is 14.0. The van der Waals surface area contributed by atoms with Gasteiger partial charge in [0.1, 0.15) is 5.82 Å². The summed E-state index contributed by atoms with van der Waals surface area (Å²) in [6, 6.07) is 9.75. The fourth-order valence-electron chi connectivity index (χ4n) is 2.19. The average Bonchev–Trinajstić information content (AvgIpc) is 2.52. The Bertz CT molecular complexity index is 869. The molecule has 2 aromatic rings. The van der Waals surface area contributed by atoms with Gasteiger partial charge in [-0.25, -0.2) is 17.9 Å². The van der Waals surface area contributed by atoms with Gasteiger partial charge in [0.2, 0.25) is 10.0 Å². The van der Waals surface area contributed by atoms with Gasteiger partial charge < -0.3 is 4.90 Å². The van der Waals surface area contributed by atoms with Gasteiger partial charge in [0.25, 0.3) is 5.91 Å². The third-order valence-electron chi connectivity index (χ3n) is 3.75. The van der Waals surface area contributed by atoms with Gasteiger partial charge in [0.15, 0.2) is 0 Å². The van der Waals surface area contributed by atoms with Gasteiger partial charge in [0, 0.05) is 11.5 Å². The molecule has 0 aliphatic rings. The first-order chi connectivity index (χ1) is 11.1. The number of rotatable bonds is 4. The van der Waals surface area contributed by atoms with E-state index in [1.165, 1.54) is 29.2 Å². The van der Waals surface area contributed by atoms with Crippen LogP contribution in [0.4, 0.5) is 4.39 Å². The van der Waals surface area contributed by atoms with Crippen LogP contribution in [-0.2, 0) is 10.0 Å². The van der Waals surface area contributed by atoms with E-state index in [9.17, 15) is 17.6 Å². The molecule has 0 radical (unpaired) electrons. The topological polar surface area (TPSA) is 80.5 Å². The molecular formula is C16H16BrFN2O3S. The van der Waals surface area contributed by atoms with Gasteiger partial charge >= 0.3 is 0 Å². The molecule has 0 spiro atoms. The summed E-state index contributed by atoms with van der Waals surface area (Å²) in [5.41, 5.74) is 0.671. The lowest BCUT2D eigenvalue weighted by atomic mass is 10.1. The van der Waals surface area contributed by atoms with E-state index in [-0.39, 0.29) is 16.5 Å². The van der Waals surface area contributed by atoms with Gasteiger partial charge in [-0.15, -0.1) is 0 Å². The van der Waals surface area contributed by atoms with E-state index in [1.807, 2.05) is 0 Å². The van der Waals surface area contributed by atoms with Gasteiger partial charge in [-0.3, -0.25) is 4.79 Å². The van der Waals surface area contributed by atoms with Gasteiger partial charge in [0.05, 0.1) is 16.5 Å². The monoisotopic (exact) mass is 414 g/mol. The summed E-state index contributed by atoms with van der Waals surface area (Å²) in [7, 11) is -2.21. The minimum Gasteiger partial charge on any atom is -0.335 e. The summed E-state index contributed by atoms with van der Waals surface area (Å²) in [4.78, 5) is 13.9. The van der Waals surface area contributed by atoms with Crippen LogP contribution in [0, 0.1) is 5.82 Å². The molecule has 2 aromatic carbocycles. The molecule has 8 heteroatoms. The number of carbonyl (C=O) groups excluding carboxylic acids is 1. The number of carbonyl (C=O) groups is 1. The number of hydrogen-bond donors (Lipinski definition) is 1. The molecular weight excluding hydrogens is 399 g/mol. The van der Waals surface area contributed by atoms with Crippen LogP contribution in [0.25, 0.3) is 0 Å². The number of primary sulfonamides is 1. The highest BCUT2D eigenvalue weighted by molar-refractivity contribution is 9.10. The number of amides is 1. The van der Waals surface area contributed by atoms with Crippen LogP contribution in [0.15, 0.2) is 51.8 Å².